The number of aromatic nitrogens is 2. The Kier molecular flexibility index (Phi) is 6.42. The van der Waals surface area contributed by atoms with Crippen molar-refractivity contribution in [1.82, 2.24) is 20.4 Å². The Morgan fingerprint density at radius 2 is 2.15 bits per heavy atom. The fourth-order valence-corrected chi connectivity index (χ4v) is 2.55. The third-order valence-electron chi connectivity index (χ3n) is 3.60. The van der Waals surface area contributed by atoms with Gasteiger partial charge in [-0.1, -0.05) is 18.5 Å². The van der Waals surface area contributed by atoms with Gasteiger partial charge in [0.15, 0.2) is 5.82 Å². The molecule has 0 aliphatic carbocycles. The predicted octanol–water partition coefficient (Wildman–Crippen LogP) is 1.39. The van der Waals surface area contributed by atoms with Crippen molar-refractivity contribution >= 4 is 0 Å². The van der Waals surface area contributed by atoms with E-state index in [9.17, 15) is 0 Å². The van der Waals surface area contributed by atoms with Gasteiger partial charge in [0, 0.05) is 32.8 Å². The molecule has 1 N–H and O–H groups in total. The van der Waals surface area contributed by atoms with Gasteiger partial charge in [-0.15, -0.1) is 0 Å². The lowest BCUT2D eigenvalue weighted by molar-refractivity contribution is 0.144. The molecule has 1 unspecified atom stereocenters. The van der Waals surface area contributed by atoms with Crippen molar-refractivity contribution in [2.45, 2.75) is 39.2 Å². The van der Waals surface area contributed by atoms with Gasteiger partial charge in [-0.3, -0.25) is 4.90 Å². The number of piperazine rings is 1. The van der Waals surface area contributed by atoms with Gasteiger partial charge in [-0.25, -0.2) is 0 Å². The van der Waals surface area contributed by atoms with Crippen LogP contribution in [0.2, 0.25) is 0 Å². The van der Waals surface area contributed by atoms with E-state index in [-0.39, 0.29) is 6.04 Å². The van der Waals surface area contributed by atoms with E-state index >= 15 is 0 Å². The number of hydrogen-bond donors (Lipinski definition) is 1. The first-order valence-corrected chi connectivity index (χ1v) is 7.70. The van der Waals surface area contributed by atoms with Crippen LogP contribution in [0.25, 0.3) is 0 Å². The van der Waals surface area contributed by atoms with E-state index in [1.54, 1.807) is 0 Å². The first-order chi connectivity index (χ1) is 9.85. The molecule has 2 heterocycles. The Morgan fingerprint density at radius 1 is 1.35 bits per heavy atom. The second-order valence-corrected chi connectivity index (χ2v) is 5.08. The van der Waals surface area contributed by atoms with Gasteiger partial charge in [0.1, 0.15) is 0 Å². The maximum atomic E-state index is 5.35. The minimum absolute atomic E-state index is 0.284. The van der Waals surface area contributed by atoms with E-state index in [4.69, 9.17) is 9.26 Å². The Morgan fingerprint density at radius 3 is 2.85 bits per heavy atom. The van der Waals surface area contributed by atoms with Crippen LogP contribution in [0.5, 0.6) is 0 Å². The molecule has 0 saturated carbocycles. The molecule has 1 aliphatic heterocycles. The van der Waals surface area contributed by atoms with E-state index in [2.05, 4.69) is 27.3 Å². The Bertz CT molecular complexity index is 377. The number of hydrogen-bond acceptors (Lipinski definition) is 6. The van der Waals surface area contributed by atoms with E-state index in [0.717, 1.165) is 51.5 Å². The summed E-state index contributed by atoms with van der Waals surface area (Å²) in [6.45, 7) is 9.72. The smallest absolute Gasteiger partial charge is 0.229 e. The summed E-state index contributed by atoms with van der Waals surface area (Å²) in [6.07, 6.45) is 2.89. The largest absolute Gasteiger partial charge is 0.381 e. The molecule has 20 heavy (non-hydrogen) atoms. The van der Waals surface area contributed by atoms with Crippen molar-refractivity contribution in [3.8, 4) is 0 Å². The molecule has 1 fully saturated rings. The second kappa shape index (κ2) is 8.34. The maximum Gasteiger partial charge on any atom is 0.229 e. The number of rotatable bonds is 8. The summed E-state index contributed by atoms with van der Waals surface area (Å²) < 4.78 is 10.7. The molecule has 6 nitrogen and oxygen atoms in total. The number of ether oxygens (including phenoxy) is 1. The highest BCUT2D eigenvalue weighted by Gasteiger charge is 2.25. The molecule has 114 valence electrons. The van der Waals surface area contributed by atoms with Crippen LogP contribution in [-0.4, -0.2) is 54.4 Å². The molecule has 1 atom stereocenters. The fourth-order valence-electron chi connectivity index (χ4n) is 2.55. The van der Waals surface area contributed by atoms with Crippen molar-refractivity contribution in [3.05, 3.63) is 11.7 Å². The van der Waals surface area contributed by atoms with Crippen LogP contribution in [0.1, 0.15) is 44.4 Å². The molecular formula is C14H26N4O2. The molecular weight excluding hydrogens is 256 g/mol. The predicted molar refractivity (Wildman–Crippen MR) is 76.6 cm³/mol. The minimum Gasteiger partial charge on any atom is -0.381 e. The topological polar surface area (TPSA) is 63.4 Å². The van der Waals surface area contributed by atoms with Crippen molar-refractivity contribution in [1.29, 1.82) is 0 Å². The van der Waals surface area contributed by atoms with E-state index in [0.29, 0.717) is 18.9 Å². The van der Waals surface area contributed by atoms with Crippen LogP contribution in [0.3, 0.4) is 0 Å². The average Bonchev–Trinajstić information content (AvgIpc) is 2.94. The van der Waals surface area contributed by atoms with Crippen molar-refractivity contribution in [2.24, 2.45) is 0 Å². The zero-order valence-electron chi connectivity index (χ0n) is 12.6. The summed E-state index contributed by atoms with van der Waals surface area (Å²) >= 11 is 0. The molecule has 0 radical (unpaired) electrons. The Balaban J connectivity index is 1.97. The van der Waals surface area contributed by atoms with Gasteiger partial charge in [-0.05, 0) is 13.3 Å². The van der Waals surface area contributed by atoms with E-state index in [1.165, 1.54) is 0 Å². The summed E-state index contributed by atoms with van der Waals surface area (Å²) in [7, 11) is 0. The van der Waals surface area contributed by atoms with Gasteiger partial charge >= 0.3 is 0 Å². The van der Waals surface area contributed by atoms with Crippen molar-refractivity contribution < 1.29 is 9.26 Å². The third-order valence-corrected chi connectivity index (χ3v) is 3.60. The molecule has 1 aliphatic rings. The van der Waals surface area contributed by atoms with Crippen molar-refractivity contribution in [2.75, 3.05) is 39.4 Å². The fraction of sp³-hybridized carbons (Fsp3) is 0.857. The number of nitrogens with zero attached hydrogens (tertiary/aromatic N) is 3. The highest BCUT2D eigenvalue weighted by atomic mass is 16.5. The molecule has 6 heteroatoms. The zero-order valence-corrected chi connectivity index (χ0v) is 12.6. The maximum absolute atomic E-state index is 5.35. The van der Waals surface area contributed by atoms with Gasteiger partial charge in [0.05, 0.1) is 19.1 Å². The van der Waals surface area contributed by atoms with E-state index < -0.39 is 0 Å². The zero-order chi connectivity index (χ0) is 14.2. The number of nitrogens with one attached hydrogen (secondary N) is 1. The Hall–Kier alpha value is -0.980. The lowest BCUT2D eigenvalue weighted by Gasteiger charge is -2.33. The lowest BCUT2D eigenvalue weighted by Crippen LogP contribution is -2.45. The van der Waals surface area contributed by atoms with Gasteiger partial charge in [0.25, 0.3) is 0 Å². The summed E-state index contributed by atoms with van der Waals surface area (Å²) in [4.78, 5) is 7.01. The van der Waals surface area contributed by atoms with Gasteiger partial charge < -0.3 is 14.6 Å². The van der Waals surface area contributed by atoms with Crippen LogP contribution in [0.4, 0.5) is 0 Å². The van der Waals surface area contributed by atoms with Crippen molar-refractivity contribution in [3.63, 3.8) is 0 Å². The summed E-state index contributed by atoms with van der Waals surface area (Å²) in [5, 5.41) is 7.57. The third kappa shape index (κ3) is 4.26. The summed E-state index contributed by atoms with van der Waals surface area (Å²) in [5.41, 5.74) is 0. The van der Waals surface area contributed by atoms with Crippen LogP contribution < -0.4 is 5.32 Å². The molecule has 0 amide bonds. The first kappa shape index (κ1) is 15.4. The minimum atomic E-state index is 0.284. The summed E-state index contributed by atoms with van der Waals surface area (Å²) in [6, 6.07) is 0.284. The Labute approximate surface area is 120 Å². The van der Waals surface area contributed by atoms with Crippen LogP contribution in [-0.2, 0) is 11.2 Å². The quantitative estimate of drug-likeness (QED) is 0.727. The van der Waals surface area contributed by atoms with Crippen LogP contribution >= 0.6 is 0 Å². The average molecular weight is 282 g/mol. The normalized spacial score (nSPS) is 18.3. The molecule has 0 aromatic carbocycles. The summed E-state index contributed by atoms with van der Waals surface area (Å²) in [5.74, 6) is 1.52. The molecule has 0 spiro atoms. The standard InChI is InChI=1S/C14H26N4O2/c1-3-5-12(18-9-7-15-8-10-18)14-16-13(20-17-14)6-11-19-4-2/h12,15H,3-11H2,1-2H3. The molecule has 1 saturated heterocycles. The highest BCUT2D eigenvalue weighted by molar-refractivity contribution is 4.96. The van der Waals surface area contributed by atoms with Gasteiger partial charge in [0.2, 0.25) is 5.89 Å². The molecule has 1 aromatic rings. The van der Waals surface area contributed by atoms with E-state index in [1.807, 2.05) is 6.92 Å². The monoisotopic (exact) mass is 282 g/mol. The molecule has 2 rings (SSSR count). The van der Waals surface area contributed by atoms with Crippen LogP contribution in [0, 0.1) is 0 Å². The van der Waals surface area contributed by atoms with Crippen LogP contribution in [0.15, 0.2) is 4.52 Å². The van der Waals surface area contributed by atoms with Gasteiger partial charge in [-0.2, -0.15) is 4.98 Å². The molecule has 1 aromatic heterocycles. The molecule has 0 bridgehead atoms. The second-order valence-electron chi connectivity index (χ2n) is 5.08. The highest BCUT2D eigenvalue weighted by Crippen LogP contribution is 2.23. The first-order valence-electron chi connectivity index (χ1n) is 7.70. The lowest BCUT2D eigenvalue weighted by atomic mass is 10.1. The SMILES string of the molecule is CCCC(c1noc(CCOCC)n1)N1CCNCC1.